The molecule has 0 saturated carbocycles. The molecule has 0 saturated heterocycles. The molecule has 130 valence electrons. The van der Waals surface area contributed by atoms with Crippen LogP contribution in [0.4, 0.5) is 0 Å². The van der Waals surface area contributed by atoms with Crippen molar-refractivity contribution in [3.63, 3.8) is 0 Å². The first kappa shape index (κ1) is 17.3. The number of benzene rings is 2. The van der Waals surface area contributed by atoms with Gasteiger partial charge in [-0.05, 0) is 31.2 Å². The number of rotatable bonds is 4. The maximum absolute atomic E-state index is 12.5. The van der Waals surface area contributed by atoms with E-state index in [2.05, 4.69) is 4.72 Å². The van der Waals surface area contributed by atoms with E-state index in [1.165, 1.54) is 25.1 Å². The van der Waals surface area contributed by atoms with E-state index >= 15 is 0 Å². The smallest absolute Gasteiger partial charge is 0.264 e. The molecule has 1 unspecified atom stereocenters. The lowest BCUT2D eigenvalue weighted by Gasteiger charge is -2.23. The van der Waals surface area contributed by atoms with E-state index in [1.54, 1.807) is 36.4 Å². The molecule has 0 aliphatic carbocycles. The Labute approximate surface area is 149 Å². The van der Waals surface area contributed by atoms with Gasteiger partial charge in [0.05, 0.1) is 4.90 Å². The molecule has 0 aromatic heterocycles. The highest BCUT2D eigenvalue weighted by molar-refractivity contribution is 7.89. The van der Waals surface area contributed by atoms with E-state index in [-0.39, 0.29) is 4.90 Å². The van der Waals surface area contributed by atoms with Gasteiger partial charge in [0, 0.05) is 10.6 Å². The first-order valence-corrected chi connectivity index (χ1v) is 9.11. The molecular formula is C17H14ClNO5S. The Bertz CT molecular complexity index is 972. The van der Waals surface area contributed by atoms with Crippen molar-refractivity contribution in [2.45, 2.75) is 17.4 Å². The van der Waals surface area contributed by atoms with Crippen molar-refractivity contribution in [1.29, 1.82) is 0 Å². The number of aliphatic hydroxyl groups is 1. The Balaban J connectivity index is 1.93. The van der Waals surface area contributed by atoms with Crippen molar-refractivity contribution in [3.05, 3.63) is 76.8 Å². The highest BCUT2D eigenvalue weighted by atomic mass is 35.5. The summed E-state index contributed by atoms with van der Waals surface area (Å²) in [6, 6.07) is 13.9. The van der Waals surface area contributed by atoms with Crippen molar-refractivity contribution in [2.24, 2.45) is 0 Å². The van der Waals surface area contributed by atoms with Crippen molar-refractivity contribution in [3.8, 4) is 0 Å². The topological polar surface area (TPSA) is 92.7 Å². The number of carbonyl (C=O) groups is 1. The number of aliphatic hydroxyl groups excluding tert-OH is 1. The van der Waals surface area contributed by atoms with Crippen molar-refractivity contribution in [1.82, 2.24) is 4.72 Å². The second-order valence-electron chi connectivity index (χ2n) is 5.57. The normalized spacial score (nSPS) is 20.5. The minimum Gasteiger partial charge on any atom is -0.501 e. The number of ketones is 1. The lowest BCUT2D eigenvalue weighted by Crippen LogP contribution is -2.32. The molecule has 0 amide bonds. The van der Waals surface area contributed by atoms with E-state index in [0.29, 0.717) is 10.6 Å². The second-order valence-corrected chi connectivity index (χ2v) is 7.69. The standard InChI is InChI=1S/C17H14ClNO5S/c1-17(11-6-5-7-12(18)10-11)15(21)14(20)16(24-17)19-25(22,23)13-8-3-2-4-9-13/h2-10,19-20H,1H3. The van der Waals surface area contributed by atoms with Crippen LogP contribution in [-0.2, 0) is 25.2 Å². The summed E-state index contributed by atoms with van der Waals surface area (Å²) >= 11 is 5.94. The molecule has 3 rings (SSSR count). The molecule has 0 radical (unpaired) electrons. The minimum absolute atomic E-state index is 0.0253. The van der Waals surface area contributed by atoms with Crippen LogP contribution in [0.15, 0.2) is 71.1 Å². The van der Waals surface area contributed by atoms with Crippen LogP contribution < -0.4 is 4.72 Å². The number of Topliss-reactive ketones (excluding diaryl/α,β-unsaturated/α-hetero) is 1. The Hall–Kier alpha value is -2.51. The van der Waals surface area contributed by atoms with Crippen LogP contribution in [-0.4, -0.2) is 19.3 Å². The Morgan fingerprint density at radius 1 is 1.12 bits per heavy atom. The van der Waals surface area contributed by atoms with Crippen LogP contribution in [0.2, 0.25) is 5.02 Å². The van der Waals surface area contributed by atoms with Crippen molar-refractivity contribution < 1.29 is 23.1 Å². The lowest BCUT2D eigenvalue weighted by atomic mass is 9.92. The van der Waals surface area contributed by atoms with Gasteiger partial charge < -0.3 is 9.84 Å². The zero-order valence-corrected chi connectivity index (χ0v) is 14.6. The summed E-state index contributed by atoms with van der Waals surface area (Å²) in [6.07, 6.45) is 0. The van der Waals surface area contributed by atoms with Crippen LogP contribution in [0.25, 0.3) is 0 Å². The van der Waals surface area contributed by atoms with Crippen LogP contribution >= 0.6 is 11.6 Å². The fourth-order valence-electron chi connectivity index (χ4n) is 2.45. The lowest BCUT2D eigenvalue weighted by molar-refractivity contribution is -0.131. The quantitative estimate of drug-likeness (QED) is 0.852. The molecule has 25 heavy (non-hydrogen) atoms. The largest absolute Gasteiger partial charge is 0.501 e. The number of ether oxygens (including phenoxy) is 1. The molecular weight excluding hydrogens is 366 g/mol. The molecule has 1 aliphatic rings. The summed E-state index contributed by atoms with van der Waals surface area (Å²) < 4.78 is 32.4. The monoisotopic (exact) mass is 379 g/mol. The number of halogens is 1. The predicted octanol–water partition coefficient (Wildman–Crippen LogP) is 2.86. The van der Waals surface area contributed by atoms with E-state index in [9.17, 15) is 18.3 Å². The summed E-state index contributed by atoms with van der Waals surface area (Å²) in [5.74, 6) is -2.07. The van der Waals surface area contributed by atoms with Crippen molar-refractivity contribution in [2.75, 3.05) is 0 Å². The van der Waals surface area contributed by atoms with E-state index in [1.807, 2.05) is 0 Å². The van der Waals surface area contributed by atoms with Gasteiger partial charge in [-0.2, -0.15) is 0 Å². The van der Waals surface area contributed by atoms with Crippen molar-refractivity contribution >= 4 is 27.4 Å². The number of carbonyl (C=O) groups excluding carboxylic acids is 1. The molecule has 2 N–H and O–H groups in total. The minimum atomic E-state index is -4.01. The third-order valence-electron chi connectivity index (χ3n) is 3.83. The van der Waals surface area contributed by atoms with Crippen LogP contribution in [0, 0.1) is 0 Å². The Morgan fingerprint density at radius 2 is 1.80 bits per heavy atom. The molecule has 1 heterocycles. The zero-order chi connectivity index (χ0) is 18.2. The molecule has 2 aromatic rings. The Kier molecular flexibility index (Phi) is 4.22. The van der Waals surface area contributed by atoms with Gasteiger partial charge in [-0.3, -0.25) is 4.79 Å². The highest BCUT2D eigenvalue weighted by Gasteiger charge is 2.48. The molecule has 8 heteroatoms. The van der Waals surface area contributed by atoms with Gasteiger partial charge in [0.2, 0.25) is 11.6 Å². The highest BCUT2D eigenvalue weighted by Crippen LogP contribution is 2.38. The van der Waals surface area contributed by atoms with Crippen LogP contribution in [0.1, 0.15) is 12.5 Å². The average molecular weight is 380 g/mol. The summed E-state index contributed by atoms with van der Waals surface area (Å²) in [5, 5.41) is 10.5. The molecule has 0 spiro atoms. The molecule has 1 atom stereocenters. The second kappa shape index (κ2) is 6.09. The van der Waals surface area contributed by atoms with E-state index < -0.39 is 33.0 Å². The molecule has 0 bridgehead atoms. The summed E-state index contributed by atoms with van der Waals surface area (Å²) in [6.45, 7) is 1.43. The summed E-state index contributed by atoms with van der Waals surface area (Å²) in [5.41, 5.74) is -1.19. The fourth-order valence-corrected chi connectivity index (χ4v) is 3.66. The Morgan fingerprint density at radius 3 is 2.44 bits per heavy atom. The summed E-state index contributed by atoms with van der Waals surface area (Å²) in [7, 11) is -4.01. The number of nitrogens with one attached hydrogen (secondary N) is 1. The zero-order valence-electron chi connectivity index (χ0n) is 13.1. The number of hydrogen-bond donors (Lipinski definition) is 2. The van der Waals surface area contributed by atoms with E-state index in [4.69, 9.17) is 16.3 Å². The summed E-state index contributed by atoms with van der Waals surface area (Å²) in [4.78, 5) is 12.4. The molecule has 6 nitrogen and oxygen atoms in total. The van der Waals surface area contributed by atoms with Crippen LogP contribution in [0.3, 0.4) is 0 Å². The first-order valence-electron chi connectivity index (χ1n) is 7.25. The van der Waals surface area contributed by atoms with Gasteiger partial charge in [-0.1, -0.05) is 41.9 Å². The third kappa shape index (κ3) is 3.08. The fraction of sp³-hybridized carbons (Fsp3) is 0.118. The number of sulfonamides is 1. The number of hydrogen-bond acceptors (Lipinski definition) is 5. The SMILES string of the molecule is CC1(c2cccc(Cl)c2)OC(NS(=O)(=O)c2ccccc2)=C(O)C1=O. The van der Waals surface area contributed by atoms with Gasteiger partial charge in [-0.25, -0.2) is 13.1 Å². The third-order valence-corrected chi connectivity index (χ3v) is 5.41. The molecule has 0 fully saturated rings. The van der Waals surface area contributed by atoms with Gasteiger partial charge in [0.1, 0.15) is 0 Å². The first-order chi connectivity index (χ1) is 11.7. The average Bonchev–Trinajstić information content (AvgIpc) is 2.80. The van der Waals surface area contributed by atoms with Gasteiger partial charge in [-0.15, -0.1) is 0 Å². The van der Waals surface area contributed by atoms with Crippen LogP contribution in [0.5, 0.6) is 0 Å². The maximum Gasteiger partial charge on any atom is 0.264 e. The van der Waals surface area contributed by atoms with Gasteiger partial charge >= 0.3 is 0 Å². The molecule has 2 aromatic carbocycles. The van der Waals surface area contributed by atoms with Gasteiger partial charge in [0.25, 0.3) is 15.8 Å². The van der Waals surface area contributed by atoms with E-state index in [0.717, 1.165) is 0 Å². The predicted molar refractivity (Wildman–Crippen MR) is 91.3 cm³/mol. The van der Waals surface area contributed by atoms with Gasteiger partial charge in [0.15, 0.2) is 5.60 Å². The molecule has 1 aliphatic heterocycles. The maximum atomic E-state index is 12.5.